The molecule has 1 aromatic rings. The van der Waals surface area contributed by atoms with Gasteiger partial charge in [-0.05, 0) is 55.7 Å². The van der Waals surface area contributed by atoms with Gasteiger partial charge in [-0.25, -0.2) is 0 Å². The molecule has 5 nitrogen and oxygen atoms in total. The lowest BCUT2D eigenvalue weighted by atomic mass is 10.1. The Morgan fingerprint density at radius 1 is 0.917 bits per heavy atom. The van der Waals surface area contributed by atoms with Gasteiger partial charge in [-0.15, -0.1) is 0 Å². The minimum atomic E-state index is -0.0229. The van der Waals surface area contributed by atoms with Crippen LogP contribution in [0.1, 0.15) is 116 Å². The average Bonchev–Trinajstić information content (AvgIpc) is 2.88. The molecule has 36 heavy (non-hydrogen) atoms. The molecule has 206 valence electrons. The Balaban J connectivity index is 2.09. The summed E-state index contributed by atoms with van der Waals surface area (Å²) in [5.41, 5.74) is 7.06. The molecular weight excluding hydrogens is 448 g/mol. The number of hydrogen-bond donors (Lipinski definition) is 2. The molecule has 0 aliphatic carbocycles. The normalized spacial score (nSPS) is 12.3. The van der Waals surface area contributed by atoms with E-state index in [9.17, 15) is 4.79 Å². The second kappa shape index (κ2) is 21.1. The molecule has 3 N–H and O–H groups in total. The van der Waals surface area contributed by atoms with E-state index >= 15 is 0 Å². The molecule has 0 saturated heterocycles. The number of unbranched alkanes of at least 4 members (excludes halogenated alkanes) is 11. The van der Waals surface area contributed by atoms with Gasteiger partial charge in [0.1, 0.15) is 6.61 Å². The molecule has 1 aromatic carbocycles. The predicted octanol–water partition coefficient (Wildman–Crippen LogP) is 7.71. The highest BCUT2D eigenvalue weighted by Gasteiger charge is 2.12. The highest BCUT2D eigenvalue weighted by atomic mass is 16.5. The Labute approximate surface area is 221 Å². The smallest absolute Gasteiger partial charge is 0.220 e. The molecule has 1 rings (SSSR count). The summed E-state index contributed by atoms with van der Waals surface area (Å²) in [5, 5.41) is 3.02. The van der Waals surface area contributed by atoms with Crippen LogP contribution in [0.15, 0.2) is 30.4 Å². The summed E-state index contributed by atoms with van der Waals surface area (Å²) in [6.07, 6.45) is 21.7. The standard InChI is InChI=1S/C31H54N2O3/c1-5-6-7-8-9-10-11-12-13-14-15-16-17-18-19-20-31(34)33-24-27-21-22-29(30(23-27)35-4)36-25-28(32)26(2)3/h12-13,21-23,26,28H,5-11,14-20,24-25,32H2,1-4H3,(H,33,34)/b13-12-/t28-/m1/s1. The molecule has 1 amide bonds. The second-order valence-electron chi connectivity index (χ2n) is 10.3. The third kappa shape index (κ3) is 15.9. The Kier molecular flexibility index (Phi) is 18.8. The van der Waals surface area contributed by atoms with Crippen LogP contribution in [-0.2, 0) is 11.3 Å². The van der Waals surface area contributed by atoms with Crippen molar-refractivity contribution in [3.05, 3.63) is 35.9 Å². The van der Waals surface area contributed by atoms with Gasteiger partial charge in [-0.2, -0.15) is 0 Å². The van der Waals surface area contributed by atoms with Crippen LogP contribution in [0.4, 0.5) is 0 Å². The third-order valence-electron chi connectivity index (χ3n) is 6.67. The van der Waals surface area contributed by atoms with E-state index in [4.69, 9.17) is 15.2 Å². The fourth-order valence-corrected chi connectivity index (χ4v) is 3.96. The Morgan fingerprint density at radius 3 is 2.14 bits per heavy atom. The summed E-state index contributed by atoms with van der Waals surface area (Å²) in [4.78, 5) is 12.2. The minimum absolute atomic E-state index is 0.0229. The van der Waals surface area contributed by atoms with Gasteiger partial charge in [0, 0.05) is 19.0 Å². The molecule has 0 unspecified atom stereocenters. The van der Waals surface area contributed by atoms with Crippen LogP contribution >= 0.6 is 0 Å². The first-order valence-electron chi connectivity index (χ1n) is 14.4. The molecule has 0 aromatic heterocycles. The van der Waals surface area contributed by atoms with E-state index < -0.39 is 0 Å². The maximum atomic E-state index is 12.2. The molecule has 0 fully saturated rings. The lowest BCUT2D eigenvalue weighted by molar-refractivity contribution is -0.121. The minimum Gasteiger partial charge on any atom is -0.493 e. The van der Waals surface area contributed by atoms with E-state index in [1.807, 2.05) is 18.2 Å². The van der Waals surface area contributed by atoms with Crippen molar-refractivity contribution < 1.29 is 14.3 Å². The van der Waals surface area contributed by atoms with Gasteiger partial charge in [0.15, 0.2) is 11.5 Å². The molecule has 1 atom stereocenters. The number of methoxy groups -OCH3 is 1. The van der Waals surface area contributed by atoms with E-state index in [-0.39, 0.29) is 11.9 Å². The van der Waals surface area contributed by atoms with Crippen molar-refractivity contribution in [2.75, 3.05) is 13.7 Å². The number of hydrogen-bond acceptors (Lipinski definition) is 4. The highest BCUT2D eigenvalue weighted by Crippen LogP contribution is 2.28. The zero-order valence-electron chi connectivity index (χ0n) is 23.7. The summed E-state index contributed by atoms with van der Waals surface area (Å²) in [6.45, 7) is 7.36. The molecule has 0 aliphatic heterocycles. The van der Waals surface area contributed by atoms with Crippen molar-refractivity contribution in [2.45, 2.75) is 123 Å². The fourth-order valence-electron chi connectivity index (χ4n) is 3.96. The molecule has 0 radical (unpaired) electrons. The first-order chi connectivity index (χ1) is 17.5. The lowest BCUT2D eigenvalue weighted by Crippen LogP contribution is -2.33. The number of allylic oxidation sites excluding steroid dienone is 2. The lowest BCUT2D eigenvalue weighted by Gasteiger charge is -2.18. The van der Waals surface area contributed by atoms with E-state index in [0.29, 0.717) is 37.0 Å². The summed E-state index contributed by atoms with van der Waals surface area (Å²) >= 11 is 0. The maximum Gasteiger partial charge on any atom is 0.220 e. The van der Waals surface area contributed by atoms with E-state index in [1.165, 1.54) is 70.6 Å². The van der Waals surface area contributed by atoms with Crippen molar-refractivity contribution in [3.63, 3.8) is 0 Å². The Morgan fingerprint density at radius 2 is 1.53 bits per heavy atom. The van der Waals surface area contributed by atoms with Gasteiger partial charge in [0.05, 0.1) is 7.11 Å². The molecular formula is C31H54N2O3. The molecule has 0 saturated carbocycles. The number of nitrogens with two attached hydrogens (primary N) is 1. The molecule has 0 aliphatic rings. The van der Waals surface area contributed by atoms with Gasteiger partial charge >= 0.3 is 0 Å². The summed E-state index contributed by atoms with van der Waals surface area (Å²) in [6, 6.07) is 5.74. The first kappa shape index (κ1) is 32.0. The van der Waals surface area contributed by atoms with Crippen LogP contribution in [0, 0.1) is 5.92 Å². The predicted molar refractivity (Wildman–Crippen MR) is 153 cm³/mol. The van der Waals surface area contributed by atoms with Gasteiger partial charge in [0.25, 0.3) is 0 Å². The van der Waals surface area contributed by atoms with Crippen LogP contribution in [0.3, 0.4) is 0 Å². The van der Waals surface area contributed by atoms with Crippen molar-refractivity contribution in [1.82, 2.24) is 5.32 Å². The molecule has 5 heteroatoms. The van der Waals surface area contributed by atoms with Crippen molar-refractivity contribution >= 4 is 5.91 Å². The Hall–Kier alpha value is -2.01. The summed E-state index contributed by atoms with van der Waals surface area (Å²) in [5.74, 6) is 1.80. The van der Waals surface area contributed by atoms with Crippen LogP contribution in [0.25, 0.3) is 0 Å². The second-order valence-corrected chi connectivity index (χ2v) is 10.3. The zero-order valence-corrected chi connectivity index (χ0v) is 23.7. The molecule has 0 bridgehead atoms. The SMILES string of the molecule is CCCCCCCC/C=C\CCCCCCCC(=O)NCc1ccc(OC[C@@H](N)C(C)C)c(OC)c1. The topological polar surface area (TPSA) is 73.6 Å². The average molecular weight is 503 g/mol. The van der Waals surface area contributed by atoms with Crippen molar-refractivity contribution in [1.29, 1.82) is 0 Å². The molecule has 0 spiro atoms. The van der Waals surface area contributed by atoms with Crippen LogP contribution in [-0.4, -0.2) is 25.7 Å². The van der Waals surface area contributed by atoms with E-state index in [0.717, 1.165) is 18.4 Å². The van der Waals surface area contributed by atoms with E-state index in [2.05, 4.69) is 38.2 Å². The van der Waals surface area contributed by atoms with Crippen molar-refractivity contribution in [2.24, 2.45) is 11.7 Å². The monoisotopic (exact) mass is 502 g/mol. The van der Waals surface area contributed by atoms with Crippen LogP contribution < -0.4 is 20.5 Å². The van der Waals surface area contributed by atoms with Crippen molar-refractivity contribution in [3.8, 4) is 11.5 Å². The first-order valence-corrected chi connectivity index (χ1v) is 14.4. The molecule has 0 heterocycles. The number of carbonyl (C=O) groups is 1. The number of ether oxygens (including phenoxy) is 2. The van der Waals surface area contributed by atoms with Crippen LogP contribution in [0.2, 0.25) is 0 Å². The number of amides is 1. The Bertz CT molecular complexity index is 718. The largest absolute Gasteiger partial charge is 0.493 e. The quantitative estimate of drug-likeness (QED) is 0.126. The van der Waals surface area contributed by atoms with Gasteiger partial charge in [-0.1, -0.05) is 90.4 Å². The number of benzene rings is 1. The highest BCUT2D eigenvalue weighted by molar-refractivity contribution is 5.75. The van der Waals surface area contributed by atoms with Gasteiger partial charge in [-0.3, -0.25) is 4.79 Å². The third-order valence-corrected chi connectivity index (χ3v) is 6.67. The number of nitrogens with one attached hydrogen (secondary N) is 1. The van der Waals surface area contributed by atoms with Gasteiger partial charge in [0.2, 0.25) is 5.91 Å². The number of carbonyl (C=O) groups excluding carboxylic acids is 1. The van der Waals surface area contributed by atoms with Crippen LogP contribution in [0.5, 0.6) is 11.5 Å². The van der Waals surface area contributed by atoms with E-state index in [1.54, 1.807) is 7.11 Å². The number of rotatable bonds is 22. The fraction of sp³-hybridized carbons (Fsp3) is 0.710. The summed E-state index contributed by atoms with van der Waals surface area (Å²) in [7, 11) is 1.62. The van der Waals surface area contributed by atoms with Gasteiger partial charge < -0.3 is 20.5 Å². The maximum absolute atomic E-state index is 12.2. The summed E-state index contributed by atoms with van der Waals surface area (Å²) < 4.78 is 11.3. The zero-order chi connectivity index (χ0) is 26.4.